The second-order valence-electron chi connectivity index (χ2n) is 9.33. The Kier molecular flexibility index (Phi) is 5.85. The van der Waals surface area contributed by atoms with E-state index in [4.69, 9.17) is 21.1 Å². The Morgan fingerprint density at radius 1 is 1.08 bits per heavy atom. The van der Waals surface area contributed by atoms with Crippen LogP contribution in [0.25, 0.3) is 0 Å². The Balaban J connectivity index is 1.72. The number of aliphatic carboxylic acids is 1. The van der Waals surface area contributed by atoms with Crippen molar-refractivity contribution in [2.75, 3.05) is 18.1 Å². The standard InChI is InChI=1S/C28H23ClN2O5/c1-28(2,15-30)20-9-8-17(14-21(20)29)31-25(16-7-10-22-23(13-16)36-12-11-35-22)24(27(33)34)18-5-3-4-6-19(18)26(31)32/h3-10,13-14,24-25H,11-12H2,1-2H3,(H,33,34)/t24-,25+/m1/s1. The summed E-state index contributed by atoms with van der Waals surface area (Å²) in [4.78, 5) is 28.1. The van der Waals surface area contributed by atoms with Gasteiger partial charge in [0.2, 0.25) is 0 Å². The smallest absolute Gasteiger partial charge is 0.313 e. The minimum absolute atomic E-state index is 0.316. The van der Waals surface area contributed by atoms with Crippen LogP contribution in [0.2, 0.25) is 5.02 Å². The number of rotatable bonds is 4. The first kappa shape index (κ1) is 23.7. The maximum Gasteiger partial charge on any atom is 0.313 e. The van der Waals surface area contributed by atoms with E-state index in [9.17, 15) is 20.0 Å². The number of fused-ring (bicyclic) bond motifs is 2. The summed E-state index contributed by atoms with van der Waals surface area (Å²) < 4.78 is 11.4. The van der Waals surface area contributed by atoms with Gasteiger partial charge in [0.05, 0.1) is 17.5 Å². The van der Waals surface area contributed by atoms with Gasteiger partial charge in [0.1, 0.15) is 19.1 Å². The van der Waals surface area contributed by atoms with E-state index < -0.39 is 23.3 Å². The summed E-state index contributed by atoms with van der Waals surface area (Å²) in [5.41, 5.74) is 1.56. The number of hydrogen-bond acceptors (Lipinski definition) is 5. The van der Waals surface area contributed by atoms with E-state index in [0.717, 1.165) is 0 Å². The van der Waals surface area contributed by atoms with Gasteiger partial charge in [-0.15, -0.1) is 0 Å². The van der Waals surface area contributed by atoms with Crippen LogP contribution in [-0.4, -0.2) is 30.2 Å². The van der Waals surface area contributed by atoms with Crippen molar-refractivity contribution in [3.05, 3.63) is 87.9 Å². The van der Waals surface area contributed by atoms with Crippen LogP contribution in [0, 0.1) is 11.3 Å². The van der Waals surface area contributed by atoms with Crippen LogP contribution < -0.4 is 14.4 Å². The van der Waals surface area contributed by atoms with E-state index >= 15 is 0 Å². The van der Waals surface area contributed by atoms with Gasteiger partial charge in [-0.3, -0.25) is 14.5 Å². The average molecular weight is 503 g/mol. The van der Waals surface area contributed by atoms with E-state index in [1.807, 2.05) is 0 Å². The van der Waals surface area contributed by atoms with Gasteiger partial charge in [0, 0.05) is 16.3 Å². The number of halogens is 1. The molecule has 2 heterocycles. The number of carboxylic acid groups (broad SMARTS) is 1. The zero-order chi connectivity index (χ0) is 25.6. The molecule has 1 amide bonds. The fraction of sp³-hybridized carbons (Fsp3) is 0.250. The summed E-state index contributed by atoms with van der Waals surface area (Å²) in [6.45, 7) is 4.32. The topological polar surface area (TPSA) is 99.9 Å². The van der Waals surface area contributed by atoms with Gasteiger partial charge in [0.25, 0.3) is 5.91 Å². The predicted molar refractivity (Wildman–Crippen MR) is 134 cm³/mol. The van der Waals surface area contributed by atoms with Crippen LogP contribution in [0.4, 0.5) is 5.69 Å². The van der Waals surface area contributed by atoms with E-state index in [1.54, 1.807) is 74.5 Å². The van der Waals surface area contributed by atoms with Crippen LogP contribution >= 0.6 is 11.6 Å². The van der Waals surface area contributed by atoms with Crippen molar-refractivity contribution < 1.29 is 24.2 Å². The van der Waals surface area contributed by atoms with Crippen molar-refractivity contribution in [2.24, 2.45) is 0 Å². The van der Waals surface area contributed by atoms with Crippen molar-refractivity contribution in [2.45, 2.75) is 31.2 Å². The molecule has 0 unspecified atom stereocenters. The van der Waals surface area contributed by atoms with Crippen molar-refractivity contribution in [1.29, 1.82) is 5.26 Å². The molecule has 8 heteroatoms. The number of nitrogens with zero attached hydrogens (tertiary/aromatic N) is 2. The highest BCUT2D eigenvalue weighted by Gasteiger charge is 2.45. The van der Waals surface area contributed by atoms with E-state index in [-0.39, 0.29) is 5.91 Å². The van der Waals surface area contributed by atoms with Gasteiger partial charge < -0.3 is 14.6 Å². The average Bonchev–Trinajstić information content (AvgIpc) is 2.87. The predicted octanol–water partition coefficient (Wildman–Crippen LogP) is 5.48. The molecule has 0 spiro atoms. The normalized spacial score (nSPS) is 18.8. The first-order valence-electron chi connectivity index (χ1n) is 11.5. The van der Waals surface area contributed by atoms with E-state index in [0.29, 0.717) is 57.7 Å². The second kappa shape index (κ2) is 8.89. The number of carbonyl (C=O) groups excluding carboxylic acids is 1. The Labute approximate surface area is 213 Å². The van der Waals surface area contributed by atoms with E-state index in [1.165, 1.54) is 4.90 Å². The highest BCUT2D eigenvalue weighted by molar-refractivity contribution is 6.32. The molecule has 0 aromatic heterocycles. The lowest BCUT2D eigenvalue weighted by molar-refractivity contribution is -0.139. The van der Waals surface area contributed by atoms with Gasteiger partial charge in [0.15, 0.2) is 11.5 Å². The van der Waals surface area contributed by atoms with Gasteiger partial charge in [-0.25, -0.2) is 0 Å². The molecule has 1 N–H and O–H groups in total. The molecule has 0 saturated heterocycles. The molecule has 0 radical (unpaired) electrons. The first-order chi connectivity index (χ1) is 17.2. The minimum atomic E-state index is -1.06. The molecule has 0 aliphatic carbocycles. The molecule has 7 nitrogen and oxygen atoms in total. The fourth-order valence-electron chi connectivity index (χ4n) is 4.89. The molecule has 0 bridgehead atoms. The summed E-state index contributed by atoms with van der Waals surface area (Å²) in [7, 11) is 0. The highest BCUT2D eigenvalue weighted by Crippen LogP contribution is 2.47. The third-order valence-electron chi connectivity index (χ3n) is 6.70. The monoisotopic (exact) mass is 502 g/mol. The number of anilines is 1. The lowest BCUT2D eigenvalue weighted by Gasteiger charge is -2.41. The van der Waals surface area contributed by atoms with Crippen molar-refractivity contribution in [1.82, 2.24) is 0 Å². The highest BCUT2D eigenvalue weighted by atomic mass is 35.5. The van der Waals surface area contributed by atoms with Crippen LogP contribution in [0.15, 0.2) is 60.7 Å². The summed E-state index contributed by atoms with van der Waals surface area (Å²) in [5.74, 6) is -1.38. The number of amides is 1. The summed E-state index contributed by atoms with van der Waals surface area (Å²) in [6, 6.07) is 18.4. The zero-order valence-corrected chi connectivity index (χ0v) is 20.5. The van der Waals surface area contributed by atoms with Crippen LogP contribution in [0.3, 0.4) is 0 Å². The van der Waals surface area contributed by atoms with Gasteiger partial charge in [-0.05, 0) is 60.9 Å². The Hall–Kier alpha value is -4.02. The summed E-state index contributed by atoms with van der Waals surface area (Å²) >= 11 is 6.61. The maximum absolute atomic E-state index is 13.9. The molecule has 2 aliphatic heterocycles. The number of carboxylic acids is 1. The number of nitriles is 1. The SMILES string of the molecule is CC(C)(C#N)c1ccc(N2C(=O)c3ccccc3[C@@H](C(=O)O)[C@@H]2c2ccc3c(c2)OCCO3)cc1Cl. The second-order valence-corrected chi connectivity index (χ2v) is 9.73. The van der Waals surface area contributed by atoms with Crippen molar-refractivity contribution in [3.8, 4) is 17.6 Å². The van der Waals surface area contributed by atoms with Gasteiger partial charge >= 0.3 is 5.97 Å². The lowest BCUT2D eigenvalue weighted by atomic mass is 9.79. The van der Waals surface area contributed by atoms with E-state index in [2.05, 4.69) is 6.07 Å². The van der Waals surface area contributed by atoms with Gasteiger partial charge in [-0.1, -0.05) is 41.9 Å². The summed E-state index contributed by atoms with van der Waals surface area (Å²) in [5, 5.41) is 20.3. The fourth-order valence-corrected chi connectivity index (χ4v) is 5.30. The molecule has 2 atom stereocenters. The van der Waals surface area contributed by atoms with Crippen LogP contribution in [0.1, 0.15) is 52.9 Å². The largest absolute Gasteiger partial charge is 0.486 e. The number of ether oxygens (including phenoxy) is 2. The molecule has 2 aliphatic rings. The van der Waals surface area contributed by atoms with Gasteiger partial charge in [-0.2, -0.15) is 5.26 Å². The molecule has 5 rings (SSSR count). The molecular formula is C28H23ClN2O5. The van der Waals surface area contributed by atoms with Crippen LogP contribution in [-0.2, 0) is 10.2 Å². The molecule has 3 aromatic rings. The zero-order valence-electron chi connectivity index (χ0n) is 19.7. The molecule has 0 saturated carbocycles. The summed E-state index contributed by atoms with van der Waals surface area (Å²) in [6.07, 6.45) is 0. The third kappa shape index (κ3) is 3.84. The molecule has 0 fully saturated rings. The van der Waals surface area contributed by atoms with Crippen molar-refractivity contribution >= 4 is 29.2 Å². The number of benzene rings is 3. The Bertz CT molecular complexity index is 1430. The molecule has 3 aromatic carbocycles. The molecule has 36 heavy (non-hydrogen) atoms. The Morgan fingerprint density at radius 3 is 2.50 bits per heavy atom. The molecular weight excluding hydrogens is 480 g/mol. The van der Waals surface area contributed by atoms with Crippen LogP contribution in [0.5, 0.6) is 11.5 Å². The van der Waals surface area contributed by atoms with Crippen molar-refractivity contribution in [3.63, 3.8) is 0 Å². The third-order valence-corrected chi connectivity index (χ3v) is 7.01. The quantitative estimate of drug-likeness (QED) is 0.507. The Morgan fingerprint density at radius 2 is 1.81 bits per heavy atom. The molecule has 182 valence electrons. The minimum Gasteiger partial charge on any atom is -0.486 e. The lowest BCUT2D eigenvalue weighted by Crippen LogP contribution is -2.45. The number of carbonyl (C=O) groups is 2. The number of hydrogen-bond donors (Lipinski definition) is 1. The first-order valence-corrected chi connectivity index (χ1v) is 11.9. The maximum atomic E-state index is 13.9.